The number of carbonyl (C=O) groups is 2. The average Bonchev–Trinajstić information content (AvgIpc) is 2.16. The number of rotatable bonds is 8. The van der Waals surface area contributed by atoms with E-state index in [4.69, 9.17) is 16.6 Å². The van der Waals surface area contributed by atoms with Gasteiger partial charge in [0, 0.05) is 13.2 Å². The third kappa shape index (κ3) is 7.90. The molecule has 0 rings (SSSR count). The van der Waals surface area contributed by atoms with Crippen molar-refractivity contribution in [2.45, 2.75) is 31.7 Å². The van der Waals surface area contributed by atoms with E-state index >= 15 is 0 Å². The topological polar surface area (TPSA) is 118 Å². The maximum Gasteiger partial charge on any atom is 0.237 e. The SMILES string of the molecule is NC(=O)C[C@H](N)C(=O)NCCCCCO. The molecule has 0 aliphatic carbocycles. The van der Waals surface area contributed by atoms with Crippen LogP contribution in [0.3, 0.4) is 0 Å². The van der Waals surface area contributed by atoms with Crippen LogP contribution in [0.15, 0.2) is 0 Å². The second-order valence-electron chi connectivity index (χ2n) is 3.35. The molecule has 1 atom stereocenters. The summed E-state index contributed by atoms with van der Waals surface area (Å²) in [5, 5.41) is 11.1. The quantitative estimate of drug-likeness (QED) is 0.369. The normalized spacial score (nSPS) is 12.1. The number of amides is 2. The lowest BCUT2D eigenvalue weighted by Crippen LogP contribution is -2.43. The molecule has 6 heteroatoms. The molecule has 2 amide bonds. The van der Waals surface area contributed by atoms with E-state index in [9.17, 15) is 9.59 Å². The minimum atomic E-state index is -0.861. The molecule has 0 aromatic carbocycles. The van der Waals surface area contributed by atoms with Gasteiger partial charge in [-0.2, -0.15) is 0 Å². The van der Waals surface area contributed by atoms with E-state index in [1.165, 1.54) is 0 Å². The van der Waals surface area contributed by atoms with E-state index in [0.717, 1.165) is 19.3 Å². The van der Waals surface area contributed by atoms with E-state index in [1.807, 2.05) is 0 Å². The van der Waals surface area contributed by atoms with Gasteiger partial charge in [-0.05, 0) is 19.3 Å². The van der Waals surface area contributed by atoms with Crippen LogP contribution in [-0.2, 0) is 9.59 Å². The second kappa shape index (κ2) is 8.19. The first-order chi connectivity index (χ1) is 7.07. The lowest BCUT2D eigenvalue weighted by molar-refractivity contribution is -0.126. The molecule has 0 bridgehead atoms. The van der Waals surface area contributed by atoms with Crippen LogP contribution in [0.2, 0.25) is 0 Å². The first-order valence-electron chi connectivity index (χ1n) is 5.00. The van der Waals surface area contributed by atoms with Gasteiger partial charge >= 0.3 is 0 Å². The largest absolute Gasteiger partial charge is 0.396 e. The minimum absolute atomic E-state index is 0.136. The minimum Gasteiger partial charge on any atom is -0.396 e. The number of nitrogens with two attached hydrogens (primary N) is 2. The van der Waals surface area contributed by atoms with Gasteiger partial charge in [0.15, 0.2) is 0 Å². The predicted molar refractivity (Wildman–Crippen MR) is 55.7 cm³/mol. The van der Waals surface area contributed by atoms with E-state index < -0.39 is 11.9 Å². The van der Waals surface area contributed by atoms with E-state index in [0.29, 0.717) is 6.54 Å². The molecule has 15 heavy (non-hydrogen) atoms. The first-order valence-corrected chi connectivity index (χ1v) is 5.00. The monoisotopic (exact) mass is 217 g/mol. The molecular weight excluding hydrogens is 198 g/mol. The summed E-state index contributed by atoms with van der Waals surface area (Å²) in [5.41, 5.74) is 10.3. The molecule has 0 heterocycles. The van der Waals surface area contributed by atoms with Crippen LogP contribution in [0.25, 0.3) is 0 Å². The molecule has 0 aromatic rings. The summed E-state index contributed by atoms with van der Waals surface area (Å²) in [7, 11) is 0. The highest BCUT2D eigenvalue weighted by Gasteiger charge is 2.14. The first kappa shape index (κ1) is 13.9. The zero-order chi connectivity index (χ0) is 11.7. The van der Waals surface area contributed by atoms with Crippen LogP contribution in [0.1, 0.15) is 25.7 Å². The fourth-order valence-corrected chi connectivity index (χ4v) is 1.07. The highest BCUT2D eigenvalue weighted by molar-refractivity contribution is 5.87. The molecule has 0 fully saturated rings. The number of hydrogen-bond acceptors (Lipinski definition) is 4. The van der Waals surface area contributed by atoms with Gasteiger partial charge in [0.05, 0.1) is 12.5 Å². The molecule has 0 spiro atoms. The molecule has 6 N–H and O–H groups in total. The van der Waals surface area contributed by atoms with E-state index in [2.05, 4.69) is 5.32 Å². The third-order valence-electron chi connectivity index (χ3n) is 1.89. The Bertz CT molecular complexity index is 209. The maximum absolute atomic E-state index is 11.2. The van der Waals surface area contributed by atoms with Crippen molar-refractivity contribution in [2.75, 3.05) is 13.2 Å². The molecule has 0 aliphatic heterocycles. The summed E-state index contributed by atoms with van der Waals surface area (Å²) < 4.78 is 0. The molecule has 0 unspecified atom stereocenters. The molecular formula is C9H19N3O3. The lowest BCUT2D eigenvalue weighted by Gasteiger charge is -2.09. The van der Waals surface area contributed by atoms with Crippen molar-refractivity contribution < 1.29 is 14.7 Å². The molecule has 0 radical (unpaired) electrons. The van der Waals surface area contributed by atoms with Crippen molar-refractivity contribution in [1.82, 2.24) is 5.32 Å². The van der Waals surface area contributed by atoms with E-state index in [1.54, 1.807) is 0 Å². The van der Waals surface area contributed by atoms with Crippen molar-refractivity contribution in [3.63, 3.8) is 0 Å². The van der Waals surface area contributed by atoms with Gasteiger partial charge in [0.25, 0.3) is 0 Å². The highest BCUT2D eigenvalue weighted by Crippen LogP contribution is 1.93. The third-order valence-corrected chi connectivity index (χ3v) is 1.89. The Labute approximate surface area is 89.0 Å². The Balaban J connectivity index is 3.51. The highest BCUT2D eigenvalue weighted by atomic mass is 16.3. The van der Waals surface area contributed by atoms with Crippen LogP contribution >= 0.6 is 0 Å². The Morgan fingerprint density at radius 2 is 1.93 bits per heavy atom. The number of nitrogens with one attached hydrogen (secondary N) is 1. The summed E-state index contributed by atoms with van der Waals surface area (Å²) in [4.78, 5) is 21.7. The number of hydrogen-bond donors (Lipinski definition) is 4. The predicted octanol–water partition coefficient (Wildman–Crippen LogP) is -1.53. The zero-order valence-corrected chi connectivity index (χ0v) is 8.74. The van der Waals surface area contributed by atoms with Crippen molar-refractivity contribution in [3.8, 4) is 0 Å². The maximum atomic E-state index is 11.2. The summed E-state index contributed by atoms with van der Waals surface area (Å²) in [6.07, 6.45) is 2.23. The average molecular weight is 217 g/mol. The summed E-state index contributed by atoms with van der Waals surface area (Å²) in [5.74, 6) is -0.948. The van der Waals surface area contributed by atoms with Crippen LogP contribution in [0, 0.1) is 0 Å². The summed E-state index contributed by atoms with van der Waals surface area (Å²) >= 11 is 0. The summed E-state index contributed by atoms with van der Waals surface area (Å²) in [6, 6.07) is -0.861. The number of primary amides is 1. The van der Waals surface area contributed by atoms with Crippen LogP contribution in [-0.4, -0.2) is 36.1 Å². The van der Waals surface area contributed by atoms with Crippen molar-refractivity contribution in [3.05, 3.63) is 0 Å². The van der Waals surface area contributed by atoms with Crippen LogP contribution in [0.5, 0.6) is 0 Å². The van der Waals surface area contributed by atoms with Crippen molar-refractivity contribution in [1.29, 1.82) is 0 Å². The molecule has 6 nitrogen and oxygen atoms in total. The van der Waals surface area contributed by atoms with Crippen LogP contribution < -0.4 is 16.8 Å². The number of aliphatic hydroxyl groups excluding tert-OH is 1. The molecule has 0 saturated carbocycles. The molecule has 0 aromatic heterocycles. The second-order valence-corrected chi connectivity index (χ2v) is 3.35. The summed E-state index contributed by atoms with van der Waals surface area (Å²) in [6.45, 7) is 0.667. The van der Waals surface area contributed by atoms with Crippen molar-refractivity contribution >= 4 is 11.8 Å². The number of unbranched alkanes of at least 4 members (excludes halogenated alkanes) is 2. The van der Waals surface area contributed by atoms with Gasteiger partial charge in [0.1, 0.15) is 0 Å². The molecule has 88 valence electrons. The Morgan fingerprint density at radius 1 is 1.27 bits per heavy atom. The van der Waals surface area contributed by atoms with Gasteiger partial charge in [-0.3, -0.25) is 9.59 Å². The lowest BCUT2D eigenvalue weighted by atomic mass is 10.2. The van der Waals surface area contributed by atoms with Crippen molar-refractivity contribution in [2.24, 2.45) is 11.5 Å². The Kier molecular flexibility index (Phi) is 7.57. The Hall–Kier alpha value is -1.14. The fraction of sp³-hybridized carbons (Fsp3) is 0.778. The van der Waals surface area contributed by atoms with Gasteiger partial charge in [0.2, 0.25) is 11.8 Å². The molecule has 0 saturated heterocycles. The van der Waals surface area contributed by atoms with Crippen LogP contribution in [0.4, 0.5) is 0 Å². The van der Waals surface area contributed by atoms with Gasteiger partial charge < -0.3 is 21.9 Å². The zero-order valence-electron chi connectivity index (χ0n) is 8.74. The smallest absolute Gasteiger partial charge is 0.237 e. The standard InChI is InChI=1S/C9H19N3O3/c10-7(6-8(11)14)9(15)12-4-2-1-3-5-13/h7,13H,1-6,10H2,(H2,11,14)(H,12,15)/t7-/m0/s1. The fourth-order valence-electron chi connectivity index (χ4n) is 1.07. The van der Waals surface area contributed by atoms with Gasteiger partial charge in [-0.1, -0.05) is 0 Å². The van der Waals surface area contributed by atoms with Gasteiger partial charge in [-0.15, -0.1) is 0 Å². The Morgan fingerprint density at radius 3 is 2.47 bits per heavy atom. The van der Waals surface area contributed by atoms with E-state index in [-0.39, 0.29) is 18.9 Å². The van der Waals surface area contributed by atoms with Gasteiger partial charge in [-0.25, -0.2) is 0 Å². The molecule has 0 aliphatic rings. The number of aliphatic hydroxyl groups is 1. The number of carbonyl (C=O) groups excluding carboxylic acids is 2.